The number of hydrogen-bond donors (Lipinski definition) is 1. The minimum absolute atomic E-state index is 0.298. The third-order valence-electron chi connectivity index (χ3n) is 5.14. The minimum Gasteiger partial charge on any atom is -0.480 e. The fraction of sp³-hybridized carbons (Fsp3) is 0.647. The second kappa shape index (κ2) is 6.56. The van der Waals surface area contributed by atoms with Crippen molar-refractivity contribution in [1.29, 1.82) is 0 Å². The molecule has 3 rings (SSSR count). The molecule has 0 aromatic carbocycles. The molecule has 1 N–H and O–H groups in total. The molecule has 0 spiro atoms. The maximum Gasteiger partial charge on any atom is 0.320 e. The van der Waals surface area contributed by atoms with E-state index in [1.54, 1.807) is 0 Å². The van der Waals surface area contributed by atoms with Crippen molar-refractivity contribution in [3.63, 3.8) is 0 Å². The molecule has 2 aliphatic rings. The number of aliphatic carboxylic acids is 1. The lowest BCUT2D eigenvalue weighted by Crippen LogP contribution is -2.55. The van der Waals surface area contributed by atoms with Gasteiger partial charge in [-0.25, -0.2) is 0 Å². The Morgan fingerprint density at radius 2 is 2.10 bits per heavy atom. The van der Waals surface area contributed by atoms with Crippen molar-refractivity contribution in [2.75, 3.05) is 6.54 Å². The van der Waals surface area contributed by atoms with Gasteiger partial charge in [0.05, 0.1) is 0 Å². The predicted molar refractivity (Wildman–Crippen MR) is 81.1 cm³/mol. The zero-order chi connectivity index (χ0) is 14.7. The summed E-state index contributed by atoms with van der Waals surface area (Å²) in [5, 5.41) is 9.54. The molecule has 1 aliphatic heterocycles. The number of carbonyl (C=O) groups is 1. The molecule has 1 aromatic heterocycles. The van der Waals surface area contributed by atoms with Gasteiger partial charge in [0.15, 0.2) is 0 Å². The van der Waals surface area contributed by atoms with Gasteiger partial charge < -0.3 is 5.11 Å². The summed E-state index contributed by atoms with van der Waals surface area (Å²) in [6, 6.07) is 6.11. The lowest BCUT2D eigenvalue weighted by Gasteiger charge is -2.47. The van der Waals surface area contributed by atoms with Crippen LogP contribution in [0.4, 0.5) is 0 Å². The van der Waals surface area contributed by atoms with Crippen molar-refractivity contribution in [3.8, 4) is 0 Å². The van der Waals surface area contributed by atoms with Gasteiger partial charge in [0.2, 0.25) is 0 Å². The van der Waals surface area contributed by atoms with E-state index in [-0.39, 0.29) is 6.04 Å². The Balaban J connectivity index is 1.71. The first-order valence-corrected chi connectivity index (χ1v) is 8.14. The average Bonchev–Trinajstić information content (AvgIpc) is 2.53. The highest BCUT2D eigenvalue weighted by molar-refractivity contribution is 5.73. The van der Waals surface area contributed by atoms with E-state index in [1.165, 1.54) is 19.3 Å². The van der Waals surface area contributed by atoms with Crippen LogP contribution in [0.5, 0.6) is 0 Å². The van der Waals surface area contributed by atoms with Crippen LogP contribution in [-0.4, -0.2) is 39.6 Å². The zero-order valence-electron chi connectivity index (χ0n) is 12.4. The zero-order valence-corrected chi connectivity index (χ0v) is 12.4. The minimum atomic E-state index is -0.653. The van der Waals surface area contributed by atoms with Crippen LogP contribution in [0, 0.1) is 5.92 Å². The lowest BCUT2D eigenvalue weighted by molar-refractivity contribution is -0.148. The van der Waals surface area contributed by atoms with Crippen molar-refractivity contribution in [2.24, 2.45) is 5.92 Å². The van der Waals surface area contributed by atoms with Crippen LogP contribution in [-0.2, 0) is 11.2 Å². The number of rotatable bonds is 4. The predicted octanol–water partition coefficient (Wildman–Crippen LogP) is 2.73. The monoisotopic (exact) mass is 288 g/mol. The standard InChI is InChI=1S/C17H24N2O2/c20-17(21)16-9-8-13-5-1-2-7-15(13)19(16)12-10-14-6-3-4-11-18-14/h3-4,6,11,13,15-16H,1-2,5,7-10,12H2,(H,20,21). The molecule has 0 radical (unpaired) electrons. The molecule has 2 heterocycles. The van der Waals surface area contributed by atoms with Crippen molar-refractivity contribution >= 4 is 5.97 Å². The molecule has 1 saturated heterocycles. The van der Waals surface area contributed by atoms with Crippen LogP contribution < -0.4 is 0 Å². The Kier molecular flexibility index (Phi) is 4.54. The molecular formula is C17H24N2O2. The lowest BCUT2D eigenvalue weighted by atomic mass is 9.76. The highest BCUT2D eigenvalue weighted by Crippen LogP contribution is 2.37. The average molecular weight is 288 g/mol. The number of hydrogen-bond acceptors (Lipinski definition) is 3. The maximum absolute atomic E-state index is 11.6. The van der Waals surface area contributed by atoms with Gasteiger partial charge in [-0.1, -0.05) is 18.9 Å². The van der Waals surface area contributed by atoms with E-state index < -0.39 is 5.97 Å². The van der Waals surface area contributed by atoms with Crippen molar-refractivity contribution in [3.05, 3.63) is 30.1 Å². The molecule has 2 fully saturated rings. The first kappa shape index (κ1) is 14.5. The quantitative estimate of drug-likeness (QED) is 0.925. The number of carboxylic acids is 1. The molecule has 3 unspecified atom stereocenters. The smallest absolute Gasteiger partial charge is 0.320 e. The van der Waals surface area contributed by atoms with Gasteiger partial charge in [0.25, 0.3) is 0 Å². The number of piperidine rings is 1. The van der Waals surface area contributed by atoms with E-state index in [0.29, 0.717) is 12.0 Å². The molecule has 1 aromatic rings. The molecule has 21 heavy (non-hydrogen) atoms. The summed E-state index contributed by atoms with van der Waals surface area (Å²) in [7, 11) is 0. The maximum atomic E-state index is 11.6. The Bertz CT molecular complexity index is 477. The van der Waals surface area contributed by atoms with Gasteiger partial charge in [-0.15, -0.1) is 0 Å². The van der Waals surface area contributed by atoms with Crippen LogP contribution >= 0.6 is 0 Å². The van der Waals surface area contributed by atoms with Gasteiger partial charge in [0.1, 0.15) is 6.04 Å². The molecule has 0 amide bonds. The molecule has 0 bridgehead atoms. The summed E-state index contributed by atoms with van der Waals surface area (Å²) < 4.78 is 0. The van der Waals surface area contributed by atoms with Gasteiger partial charge >= 0.3 is 5.97 Å². The Hall–Kier alpha value is -1.42. The summed E-state index contributed by atoms with van der Waals surface area (Å²) in [5.74, 6) is 0.0538. The third-order valence-corrected chi connectivity index (χ3v) is 5.14. The Morgan fingerprint density at radius 1 is 1.24 bits per heavy atom. The molecule has 114 valence electrons. The number of carboxylic acid groups (broad SMARTS) is 1. The third kappa shape index (κ3) is 3.26. The van der Waals surface area contributed by atoms with Crippen molar-refractivity contribution in [1.82, 2.24) is 9.88 Å². The van der Waals surface area contributed by atoms with Gasteiger partial charge in [-0.3, -0.25) is 14.7 Å². The normalized spacial score (nSPS) is 29.8. The number of pyridine rings is 1. The fourth-order valence-corrected chi connectivity index (χ4v) is 4.11. The van der Waals surface area contributed by atoms with E-state index in [4.69, 9.17) is 0 Å². The van der Waals surface area contributed by atoms with Crippen LogP contribution in [0.2, 0.25) is 0 Å². The van der Waals surface area contributed by atoms with E-state index >= 15 is 0 Å². The van der Waals surface area contributed by atoms with Crippen molar-refractivity contribution < 1.29 is 9.90 Å². The van der Waals surface area contributed by atoms with Crippen LogP contribution in [0.25, 0.3) is 0 Å². The summed E-state index contributed by atoms with van der Waals surface area (Å²) in [4.78, 5) is 18.2. The molecule has 1 aliphatic carbocycles. The number of nitrogens with zero attached hydrogens (tertiary/aromatic N) is 2. The van der Waals surface area contributed by atoms with E-state index in [1.807, 2.05) is 24.4 Å². The van der Waals surface area contributed by atoms with Gasteiger partial charge in [-0.05, 0) is 43.7 Å². The number of aromatic nitrogens is 1. The van der Waals surface area contributed by atoms with Crippen molar-refractivity contribution in [2.45, 2.75) is 57.0 Å². The second-order valence-electron chi connectivity index (χ2n) is 6.35. The van der Waals surface area contributed by atoms with Crippen LogP contribution in [0.3, 0.4) is 0 Å². The summed E-state index contributed by atoms with van der Waals surface area (Å²) in [6.45, 7) is 0.815. The van der Waals surface area contributed by atoms with E-state index in [2.05, 4.69) is 9.88 Å². The first-order valence-electron chi connectivity index (χ1n) is 8.14. The molecule has 1 saturated carbocycles. The SMILES string of the molecule is O=C(O)C1CCC2CCCCC2N1CCc1ccccn1. The molecule has 4 heteroatoms. The molecule has 3 atom stereocenters. The van der Waals surface area contributed by atoms with E-state index in [0.717, 1.165) is 37.9 Å². The highest BCUT2D eigenvalue weighted by atomic mass is 16.4. The first-order chi connectivity index (χ1) is 10.3. The highest BCUT2D eigenvalue weighted by Gasteiger charge is 2.40. The molecular weight excluding hydrogens is 264 g/mol. The van der Waals surface area contributed by atoms with Gasteiger partial charge in [-0.2, -0.15) is 0 Å². The van der Waals surface area contributed by atoms with Crippen LogP contribution in [0.1, 0.15) is 44.2 Å². The summed E-state index contributed by atoms with van der Waals surface area (Å²) in [6.07, 6.45) is 9.53. The second-order valence-corrected chi connectivity index (χ2v) is 6.35. The fourth-order valence-electron chi connectivity index (χ4n) is 4.11. The Morgan fingerprint density at radius 3 is 2.86 bits per heavy atom. The number of fused-ring (bicyclic) bond motifs is 1. The van der Waals surface area contributed by atoms with Gasteiger partial charge in [0, 0.05) is 30.9 Å². The number of likely N-dealkylation sites (tertiary alicyclic amines) is 1. The summed E-state index contributed by atoms with van der Waals surface area (Å²) in [5.41, 5.74) is 1.06. The van der Waals surface area contributed by atoms with E-state index in [9.17, 15) is 9.90 Å². The summed E-state index contributed by atoms with van der Waals surface area (Å²) >= 11 is 0. The topological polar surface area (TPSA) is 53.4 Å². The molecule has 4 nitrogen and oxygen atoms in total. The largest absolute Gasteiger partial charge is 0.480 e. The van der Waals surface area contributed by atoms with Crippen LogP contribution in [0.15, 0.2) is 24.4 Å². The Labute approximate surface area is 126 Å².